The standard InChI is InChI=1S/C16H11F6NO4/c17-15(18,19)8-23-13(24)7-26-14(25)12-5-4-11(27-12)9-2-1-3-10(6-9)16(20,21)22/h1-6H,7-8H2,(H,23,24). The van der Waals surface area contributed by atoms with E-state index in [2.05, 4.69) is 4.74 Å². The van der Waals surface area contributed by atoms with Crippen molar-refractivity contribution < 1.29 is 45.1 Å². The first-order valence-corrected chi connectivity index (χ1v) is 7.24. The van der Waals surface area contributed by atoms with E-state index >= 15 is 0 Å². The molecule has 0 saturated heterocycles. The Balaban J connectivity index is 1.99. The first kappa shape index (κ1) is 20.3. The molecule has 2 aromatic rings. The third-order valence-electron chi connectivity index (χ3n) is 3.10. The molecule has 0 aliphatic carbocycles. The molecule has 0 spiro atoms. The SMILES string of the molecule is O=C(COC(=O)c1ccc(-c2cccc(C(F)(F)F)c2)o1)NCC(F)(F)F. The quantitative estimate of drug-likeness (QED) is 0.618. The summed E-state index contributed by atoms with van der Waals surface area (Å²) in [5.41, 5.74) is -0.867. The molecule has 11 heteroatoms. The van der Waals surface area contributed by atoms with E-state index in [-0.39, 0.29) is 11.3 Å². The normalized spacial score (nSPS) is 11.9. The summed E-state index contributed by atoms with van der Waals surface area (Å²) in [5, 5.41) is 1.50. The lowest BCUT2D eigenvalue weighted by Crippen LogP contribution is -2.36. The summed E-state index contributed by atoms with van der Waals surface area (Å²) in [6.07, 6.45) is -9.17. The number of furan rings is 1. The molecule has 1 amide bonds. The Morgan fingerprint density at radius 3 is 2.37 bits per heavy atom. The van der Waals surface area contributed by atoms with E-state index in [0.29, 0.717) is 0 Å². The third kappa shape index (κ3) is 6.04. The average Bonchev–Trinajstić information content (AvgIpc) is 3.07. The first-order valence-electron chi connectivity index (χ1n) is 7.24. The molecule has 0 atom stereocenters. The predicted molar refractivity (Wildman–Crippen MR) is 78.5 cm³/mol. The molecule has 0 aliphatic rings. The Morgan fingerprint density at radius 2 is 1.74 bits per heavy atom. The molecule has 2 rings (SSSR count). The van der Waals surface area contributed by atoms with Gasteiger partial charge in [0.15, 0.2) is 6.61 Å². The molecule has 1 aromatic heterocycles. The van der Waals surface area contributed by atoms with Crippen molar-refractivity contribution in [2.45, 2.75) is 12.4 Å². The molecule has 1 aromatic carbocycles. The van der Waals surface area contributed by atoms with E-state index in [9.17, 15) is 35.9 Å². The number of hydrogen-bond acceptors (Lipinski definition) is 4. The van der Waals surface area contributed by atoms with E-state index in [4.69, 9.17) is 4.42 Å². The molecule has 0 saturated carbocycles. The minimum atomic E-state index is -4.61. The minimum Gasteiger partial charge on any atom is -0.450 e. The van der Waals surface area contributed by atoms with Crippen molar-refractivity contribution in [3.63, 3.8) is 0 Å². The number of ether oxygens (including phenoxy) is 1. The van der Waals surface area contributed by atoms with Gasteiger partial charge in [-0.05, 0) is 24.3 Å². The van der Waals surface area contributed by atoms with Crippen LogP contribution in [0.5, 0.6) is 0 Å². The number of carbonyl (C=O) groups excluding carboxylic acids is 2. The van der Waals surface area contributed by atoms with Gasteiger partial charge in [0.05, 0.1) is 5.56 Å². The number of benzene rings is 1. The molecular formula is C16H11F6NO4. The molecule has 0 fully saturated rings. The van der Waals surface area contributed by atoms with Crippen molar-refractivity contribution in [1.82, 2.24) is 5.32 Å². The molecule has 0 aliphatic heterocycles. The van der Waals surface area contributed by atoms with Crippen LogP contribution in [-0.4, -0.2) is 31.2 Å². The maximum absolute atomic E-state index is 12.7. The summed E-state index contributed by atoms with van der Waals surface area (Å²) in [6, 6.07) is 6.48. The molecule has 1 heterocycles. The zero-order valence-electron chi connectivity index (χ0n) is 13.3. The van der Waals surface area contributed by atoms with Crippen molar-refractivity contribution in [2.75, 3.05) is 13.2 Å². The summed E-state index contributed by atoms with van der Waals surface area (Å²) in [4.78, 5) is 22.9. The van der Waals surface area contributed by atoms with Crippen LogP contribution in [0.2, 0.25) is 0 Å². The zero-order chi connectivity index (χ0) is 20.2. The maximum Gasteiger partial charge on any atom is 0.416 e. The number of nitrogens with one attached hydrogen (secondary N) is 1. The largest absolute Gasteiger partial charge is 0.450 e. The smallest absolute Gasteiger partial charge is 0.416 e. The van der Waals surface area contributed by atoms with Gasteiger partial charge in [-0.2, -0.15) is 26.3 Å². The van der Waals surface area contributed by atoms with Gasteiger partial charge in [-0.25, -0.2) is 4.79 Å². The summed E-state index contributed by atoms with van der Waals surface area (Å²) in [7, 11) is 0. The van der Waals surface area contributed by atoms with Gasteiger partial charge in [-0.3, -0.25) is 4.79 Å². The van der Waals surface area contributed by atoms with Gasteiger partial charge in [-0.15, -0.1) is 0 Å². The van der Waals surface area contributed by atoms with E-state index in [1.165, 1.54) is 17.4 Å². The molecule has 0 bridgehead atoms. The Bertz CT molecular complexity index is 825. The van der Waals surface area contributed by atoms with E-state index in [1.807, 2.05) is 0 Å². The van der Waals surface area contributed by atoms with Crippen LogP contribution in [0.3, 0.4) is 0 Å². The van der Waals surface area contributed by atoms with Crippen LogP contribution >= 0.6 is 0 Å². The van der Waals surface area contributed by atoms with Gasteiger partial charge < -0.3 is 14.5 Å². The van der Waals surface area contributed by atoms with E-state index < -0.39 is 48.7 Å². The van der Waals surface area contributed by atoms with Crippen molar-refractivity contribution in [1.29, 1.82) is 0 Å². The molecule has 0 radical (unpaired) electrons. The zero-order valence-corrected chi connectivity index (χ0v) is 13.3. The number of halogens is 6. The lowest BCUT2D eigenvalue weighted by molar-refractivity contribution is -0.140. The van der Waals surface area contributed by atoms with Crippen LogP contribution in [0.25, 0.3) is 11.3 Å². The second-order valence-electron chi connectivity index (χ2n) is 5.21. The average molecular weight is 395 g/mol. The maximum atomic E-state index is 12.7. The minimum absolute atomic E-state index is 0.0480. The van der Waals surface area contributed by atoms with Gasteiger partial charge in [0.2, 0.25) is 5.76 Å². The predicted octanol–water partition coefficient (Wildman–Crippen LogP) is 3.80. The van der Waals surface area contributed by atoms with Crippen LogP contribution in [-0.2, 0) is 15.7 Å². The van der Waals surface area contributed by atoms with Crippen LogP contribution in [0.4, 0.5) is 26.3 Å². The monoisotopic (exact) mass is 395 g/mol. The summed E-state index contributed by atoms with van der Waals surface area (Å²) in [5.74, 6) is -2.82. The number of rotatable bonds is 5. The number of alkyl halides is 6. The second-order valence-corrected chi connectivity index (χ2v) is 5.21. The van der Waals surface area contributed by atoms with Crippen LogP contribution in [0, 0.1) is 0 Å². The highest BCUT2D eigenvalue weighted by Crippen LogP contribution is 2.32. The van der Waals surface area contributed by atoms with Crippen LogP contribution in [0.1, 0.15) is 16.1 Å². The van der Waals surface area contributed by atoms with Gasteiger partial charge in [-0.1, -0.05) is 12.1 Å². The van der Waals surface area contributed by atoms with Crippen molar-refractivity contribution >= 4 is 11.9 Å². The molecule has 27 heavy (non-hydrogen) atoms. The van der Waals surface area contributed by atoms with E-state index in [0.717, 1.165) is 24.3 Å². The summed E-state index contributed by atoms with van der Waals surface area (Å²) < 4.78 is 83.5. The van der Waals surface area contributed by atoms with Gasteiger partial charge in [0, 0.05) is 5.56 Å². The summed E-state index contributed by atoms with van der Waals surface area (Å²) >= 11 is 0. The fraction of sp³-hybridized carbons (Fsp3) is 0.250. The Kier molecular flexibility index (Phi) is 5.82. The van der Waals surface area contributed by atoms with Crippen molar-refractivity contribution in [3.8, 4) is 11.3 Å². The van der Waals surface area contributed by atoms with Crippen LogP contribution in [0.15, 0.2) is 40.8 Å². The second kappa shape index (κ2) is 7.72. The summed E-state index contributed by atoms with van der Waals surface area (Å²) in [6.45, 7) is -2.56. The fourth-order valence-electron chi connectivity index (χ4n) is 1.90. The van der Waals surface area contributed by atoms with E-state index in [1.54, 1.807) is 0 Å². The number of amides is 1. The number of carbonyl (C=O) groups is 2. The Hall–Kier alpha value is -2.98. The van der Waals surface area contributed by atoms with Gasteiger partial charge >= 0.3 is 18.3 Å². The molecular weight excluding hydrogens is 384 g/mol. The Morgan fingerprint density at radius 1 is 1.04 bits per heavy atom. The molecule has 0 unspecified atom stereocenters. The van der Waals surface area contributed by atoms with Crippen molar-refractivity contribution in [3.05, 3.63) is 47.7 Å². The highest BCUT2D eigenvalue weighted by atomic mass is 19.4. The molecule has 5 nitrogen and oxygen atoms in total. The molecule has 146 valence electrons. The first-order chi connectivity index (χ1) is 12.5. The van der Waals surface area contributed by atoms with Crippen molar-refractivity contribution in [2.24, 2.45) is 0 Å². The lowest BCUT2D eigenvalue weighted by atomic mass is 10.1. The van der Waals surface area contributed by atoms with Crippen LogP contribution < -0.4 is 5.32 Å². The lowest BCUT2D eigenvalue weighted by Gasteiger charge is -2.08. The third-order valence-corrected chi connectivity index (χ3v) is 3.10. The number of esters is 1. The fourth-order valence-corrected chi connectivity index (χ4v) is 1.90. The Labute approximate surface area is 147 Å². The highest BCUT2D eigenvalue weighted by molar-refractivity contribution is 5.89. The molecule has 1 N–H and O–H groups in total. The van der Waals surface area contributed by atoms with Gasteiger partial charge in [0.1, 0.15) is 12.3 Å². The number of hydrogen-bond donors (Lipinski definition) is 1. The van der Waals surface area contributed by atoms with Gasteiger partial charge in [0.25, 0.3) is 5.91 Å². The highest BCUT2D eigenvalue weighted by Gasteiger charge is 2.31. The topological polar surface area (TPSA) is 68.5 Å².